The summed E-state index contributed by atoms with van der Waals surface area (Å²) >= 11 is 0. The minimum atomic E-state index is 0.684. The van der Waals surface area contributed by atoms with Gasteiger partial charge in [0.1, 0.15) is 0 Å². The van der Waals surface area contributed by atoms with Gasteiger partial charge in [-0.05, 0) is 51.2 Å². The van der Waals surface area contributed by atoms with E-state index in [1.807, 2.05) is 0 Å². The Morgan fingerprint density at radius 3 is 2.27 bits per heavy atom. The number of hydrogen-bond donors (Lipinski definition) is 0. The summed E-state index contributed by atoms with van der Waals surface area (Å²) in [4.78, 5) is 2.29. The zero-order valence-electron chi connectivity index (χ0n) is 8.35. The monoisotopic (exact) mass is 155 g/mol. The van der Waals surface area contributed by atoms with Gasteiger partial charge in [0.25, 0.3) is 0 Å². The standard InChI is InChI=1S/C10H21N/c1-9-7-10(2,8-9)5-6-11(3)4/h9H,5-8H2,1-4H3/t9-,10-. The molecular formula is C10H21N. The average Bonchev–Trinajstić information content (AvgIpc) is 1.81. The van der Waals surface area contributed by atoms with E-state index in [9.17, 15) is 0 Å². The van der Waals surface area contributed by atoms with Crippen molar-refractivity contribution in [3.8, 4) is 0 Å². The van der Waals surface area contributed by atoms with Gasteiger partial charge in [-0.15, -0.1) is 0 Å². The zero-order valence-corrected chi connectivity index (χ0v) is 8.35. The molecule has 0 unspecified atom stereocenters. The first kappa shape index (κ1) is 9.05. The van der Waals surface area contributed by atoms with Crippen molar-refractivity contribution >= 4 is 0 Å². The molecule has 1 aliphatic rings. The predicted octanol–water partition coefficient (Wildman–Crippen LogP) is 2.37. The van der Waals surface area contributed by atoms with Gasteiger partial charge >= 0.3 is 0 Å². The molecule has 0 aromatic rings. The zero-order chi connectivity index (χ0) is 8.48. The molecule has 1 nitrogen and oxygen atoms in total. The average molecular weight is 155 g/mol. The van der Waals surface area contributed by atoms with E-state index in [1.54, 1.807) is 0 Å². The molecule has 0 spiro atoms. The van der Waals surface area contributed by atoms with Crippen LogP contribution in [-0.4, -0.2) is 25.5 Å². The van der Waals surface area contributed by atoms with Crippen LogP contribution in [0.3, 0.4) is 0 Å². The topological polar surface area (TPSA) is 3.24 Å². The smallest absolute Gasteiger partial charge is 0.00196 e. The quantitative estimate of drug-likeness (QED) is 0.605. The van der Waals surface area contributed by atoms with E-state index < -0.39 is 0 Å². The number of rotatable bonds is 3. The van der Waals surface area contributed by atoms with E-state index >= 15 is 0 Å². The molecule has 1 aliphatic carbocycles. The van der Waals surface area contributed by atoms with Crippen molar-refractivity contribution in [2.75, 3.05) is 20.6 Å². The van der Waals surface area contributed by atoms with Crippen LogP contribution in [-0.2, 0) is 0 Å². The third-order valence-corrected chi connectivity index (χ3v) is 2.85. The second-order valence-corrected chi connectivity index (χ2v) is 4.88. The van der Waals surface area contributed by atoms with Crippen LogP contribution in [0.25, 0.3) is 0 Å². The summed E-state index contributed by atoms with van der Waals surface area (Å²) in [5, 5.41) is 0. The van der Waals surface area contributed by atoms with Crippen LogP contribution >= 0.6 is 0 Å². The van der Waals surface area contributed by atoms with Gasteiger partial charge < -0.3 is 4.90 Å². The maximum absolute atomic E-state index is 2.43. The summed E-state index contributed by atoms with van der Waals surface area (Å²) in [5.41, 5.74) is 0.684. The van der Waals surface area contributed by atoms with Crippen molar-refractivity contribution < 1.29 is 0 Å². The van der Waals surface area contributed by atoms with Crippen LogP contribution in [0.5, 0.6) is 0 Å². The molecule has 11 heavy (non-hydrogen) atoms. The van der Waals surface area contributed by atoms with Gasteiger partial charge in [-0.25, -0.2) is 0 Å². The summed E-state index contributed by atoms with van der Waals surface area (Å²) < 4.78 is 0. The Bertz CT molecular complexity index is 123. The minimum absolute atomic E-state index is 0.684. The molecule has 0 atom stereocenters. The maximum atomic E-state index is 2.43. The van der Waals surface area contributed by atoms with Crippen LogP contribution in [0.15, 0.2) is 0 Å². The lowest BCUT2D eigenvalue weighted by molar-refractivity contribution is 0.0687. The van der Waals surface area contributed by atoms with Crippen LogP contribution in [0.2, 0.25) is 0 Å². The summed E-state index contributed by atoms with van der Waals surface area (Å²) in [6.45, 7) is 6.04. The molecule has 0 saturated heterocycles. The predicted molar refractivity (Wildman–Crippen MR) is 49.7 cm³/mol. The largest absolute Gasteiger partial charge is 0.309 e. The van der Waals surface area contributed by atoms with Gasteiger partial charge in [-0.3, -0.25) is 0 Å². The molecule has 0 radical (unpaired) electrons. The lowest BCUT2D eigenvalue weighted by Crippen LogP contribution is -2.35. The van der Waals surface area contributed by atoms with Crippen LogP contribution in [0.4, 0.5) is 0 Å². The van der Waals surface area contributed by atoms with E-state index in [-0.39, 0.29) is 0 Å². The summed E-state index contributed by atoms with van der Waals surface area (Å²) in [6.07, 6.45) is 4.27. The Labute approximate surface area is 70.8 Å². The van der Waals surface area contributed by atoms with Gasteiger partial charge in [0.15, 0.2) is 0 Å². The SMILES string of the molecule is CN(C)CC[C@]1(C)C[C@@H](C)C1. The lowest BCUT2D eigenvalue weighted by Gasteiger charge is -2.44. The van der Waals surface area contributed by atoms with E-state index in [2.05, 4.69) is 32.8 Å². The maximum Gasteiger partial charge on any atom is -0.00196 e. The van der Waals surface area contributed by atoms with Crippen molar-refractivity contribution in [2.45, 2.75) is 33.1 Å². The van der Waals surface area contributed by atoms with Crippen molar-refractivity contribution in [3.63, 3.8) is 0 Å². The molecule has 0 aromatic carbocycles. The van der Waals surface area contributed by atoms with E-state index in [4.69, 9.17) is 0 Å². The third kappa shape index (κ3) is 2.48. The summed E-state index contributed by atoms with van der Waals surface area (Å²) in [5.74, 6) is 0.988. The molecule has 0 amide bonds. The highest BCUT2D eigenvalue weighted by molar-refractivity contribution is 4.88. The van der Waals surface area contributed by atoms with E-state index in [0.717, 1.165) is 5.92 Å². The van der Waals surface area contributed by atoms with E-state index in [0.29, 0.717) is 5.41 Å². The fourth-order valence-corrected chi connectivity index (χ4v) is 2.32. The van der Waals surface area contributed by atoms with E-state index in [1.165, 1.54) is 25.8 Å². The van der Waals surface area contributed by atoms with Crippen molar-refractivity contribution in [2.24, 2.45) is 11.3 Å². The first-order valence-corrected chi connectivity index (χ1v) is 4.67. The summed E-state index contributed by atoms with van der Waals surface area (Å²) in [7, 11) is 4.32. The van der Waals surface area contributed by atoms with Gasteiger partial charge in [0, 0.05) is 0 Å². The highest BCUT2D eigenvalue weighted by atomic mass is 15.0. The first-order chi connectivity index (χ1) is 5.02. The molecule has 66 valence electrons. The molecule has 0 bridgehead atoms. The fraction of sp³-hybridized carbons (Fsp3) is 1.00. The highest BCUT2D eigenvalue weighted by Gasteiger charge is 2.36. The number of hydrogen-bond acceptors (Lipinski definition) is 1. The Hall–Kier alpha value is -0.0400. The van der Waals surface area contributed by atoms with Crippen LogP contribution in [0.1, 0.15) is 33.1 Å². The Balaban J connectivity index is 2.16. The summed E-state index contributed by atoms with van der Waals surface area (Å²) in [6, 6.07) is 0. The second-order valence-electron chi connectivity index (χ2n) is 4.88. The number of nitrogens with zero attached hydrogens (tertiary/aromatic N) is 1. The van der Waals surface area contributed by atoms with Crippen LogP contribution < -0.4 is 0 Å². The first-order valence-electron chi connectivity index (χ1n) is 4.67. The van der Waals surface area contributed by atoms with Crippen molar-refractivity contribution in [1.29, 1.82) is 0 Å². The highest BCUT2D eigenvalue weighted by Crippen LogP contribution is 2.47. The molecule has 0 aliphatic heterocycles. The molecular weight excluding hydrogens is 134 g/mol. The lowest BCUT2D eigenvalue weighted by atomic mass is 9.62. The molecule has 0 N–H and O–H groups in total. The van der Waals surface area contributed by atoms with Crippen molar-refractivity contribution in [3.05, 3.63) is 0 Å². The third-order valence-electron chi connectivity index (χ3n) is 2.85. The van der Waals surface area contributed by atoms with Crippen LogP contribution in [0, 0.1) is 11.3 Å². The van der Waals surface area contributed by atoms with Crippen molar-refractivity contribution in [1.82, 2.24) is 4.90 Å². The molecule has 0 aromatic heterocycles. The van der Waals surface area contributed by atoms with Gasteiger partial charge in [-0.2, -0.15) is 0 Å². The molecule has 1 fully saturated rings. The Kier molecular flexibility index (Phi) is 2.58. The molecule has 0 heterocycles. The Morgan fingerprint density at radius 1 is 1.36 bits per heavy atom. The molecule has 1 heteroatoms. The van der Waals surface area contributed by atoms with Gasteiger partial charge in [-0.1, -0.05) is 13.8 Å². The second kappa shape index (κ2) is 3.14. The Morgan fingerprint density at radius 2 is 1.91 bits per heavy atom. The molecule has 1 rings (SSSR count). The molecule has 1 saturated carbocycles. The van der Waals surface area contributed by atoms with Gasteiger partial charge in [0.05, 0.1) is 0 Å². The fourth-order valence-electron chi connectivity index (χ4n) is 2.32. The minimum Gasteiger partial charge on any atom is -0.309 e. The normalized spacial score (nSPS) is 37.4. The van der Waals surface area contributed by atoms with Gasteiger partial charge in [0.2, 0.25) is 0 Å².